The molecule has 0 amide bonds. The van der Waals surface area contributed by atoms with Crippen LogP contribution in [0.5, 0.6) is 0 Å². The van der Waals surface area contributed by atoms with Crippen molar-refractivity contribution in [3.63, 3.8) is 0 Å². The van der Waals surface area contributed by atoms with Crippen LogP contribution in [-0.4, -0.2) is 10.5 Å². The van der Waals surface area contributed by atoms with E-state index in [1.54, 1.807) is 0 Å². The van der Waals surface area contributed by atoms with Crippen LogP contribution < -0.4 is 5.73 Å². The molecule has 1 aliphatic carbocycles. The molecule has 0 fully saturated rings. The van der Waals surface area contributed by atoms with Crippen molar-refractivity contribution in [1.82, 2.24) is 4.98 Å². The van der Waals surface area contributed by atoms with E-state index in [1.807, 2.05) is 13.1 Å². The number of hydrogen-bond acceptors (Lipinski definition) is 2. The van der Waals surface area contributed by atoms with E-state index in [0.29, 0.717) is 0 Å². The van der Waals surface area contributed by atoms with Crippen molar-refractivity contribution < 1.29 is 0 Å². The highest BCUT2D eigenvalue weighted by molar-refractivity contribution is 5.66. The Morgan fingerprint density at radius 3 is 2.73 bits per heavy atom. The molecule has 2 N–H and O–H groups in total. The molecule has 1 aromatic heterocycles. The molecule has 0 radical (unpaired) electrons. The lowest BCUT2D eigenvalue weighted by molar-refractivity contribution is 0.432. The highest BCUT2D eigenvalue weighted by Gasteiger charge is 2.22. The quantitative estimate of drug-likeness (QED) is 0.760. The van der Waals surface area contributed by atoms with Crippen LogP contribution in [0.3, 0.4) is 0 Å². The molecule has 0 aliphatic heterocycles. The Morgan fingerprint density at radius 1 is 1.40 bits per heavy atom. The molecule has 1 atom stereocenters. The Morgan fingerprint density at radius 2 is 2.20 bits per heavy atom. The summed E-state index contributed by atoms with van der Waals surface area (Å²) < 4.78 is 0. The second-order valence-electron chi connectivity index (χ2n) is 4.78. The summed E-state index contributed by atoms with van der Waals surface area (Å²) in [6.07, 6.45) is 7.32. The lowest BCUT2D eigenvalue weighted by Crippen LogP contribution is -2.37. The smallest absolute Gasteiger partial charge is 0.0373 e. The van der Waals surface area contributed by atoms with Gasteiger partial charge in [-0.25, -0.2) is 0 Å². The van der Waals surface area contributed by atoms with Crippen LogP contribution in [0.1, 0.15) is 37.4 Å². The molecule has 2 rings (SSSR count). The van der Waals surface area contributed by atoms with E-state index in [1.165, 1.54) is 11.1 Å². The largest absolute Gasteiger partial charge is 0.325 e. The zero-order chi connectivity index (χ0) is 10.9. The summed E-state index contributed by atoms with van der Waals surface area (Å²) >= 11 is 0. The minimum atomic E-state index is -0.0123. The third kappa shape index (κ3) is 2.45. The topological polar surface area (TPSA) is 38.9 Å². The van der Waals surface area contributed by atoms with Crippen molar-refractivity contribution in [3.8, 4) is 0 Å². The summed E-state index contributed by atoms with van der Waals surface area (Å²) in [5.41, 5.74) is 9.78. The number of allylic oxidation sites excluding steroid dienone is 1. The van der Waals surface area contributed by atoms with E-state index >= 15 is 0 Å². The van der Waals surface area contributed by atoms with Gasteiger partial charge in [0.05, 0.1) is 0 Å². The molecule has 80 valence electrons. The summed E-state index contributed by atoms with van der Waals surface area (Å²) in [5, 5.41) is 0. The summed E-state index contributed by atoms with van der Waals surface area (Å²) in [6, 6.07) is 4.21. The van der Waals surface area contributed by atoms with Crippen LogP contribution in [0.2, 0.25) is 0 Å². The standard InChI is InChI=1S/C13H18N2/c1-10-3-4-12(9-15-10)11-5-7-13(2,14)8-6-11/h3-5,9H,6-8,14H2,1-2H3. The van der Waals surface area contributed by atoms with Crippen molar-refractivity contribution in [1.29, 1.82) is 0 Å². The third-order valence-corrected chi connectivity index (χ3v) is 3.06. The molecule has 1 aromatic rings. The number of aryl methyl sites for hydroxylation is 1. The molecule has 2 heteroatoms. The van der Waals surface area contributed by atoms with Gasteiger partial charge in [0.1, 0.15) is 0 Å². The maximum absolute atomic E-state index is 6.08. The van der Waals surface area contributed by atoms with Gasteiger partial charge in [-0.1, -0.05) is 12.1 Å². The molecule has 0 aromatic carbocycles. The Hall–Kier alpha value is -1.15. The molecule has 1 aliphatic rings. The highest BCUT2D eigenvalue weighted by Crippen LogP contribution is 2.30. The predicted octanol–water partition coefficient (Wildman–Crippen LogP) is 2.67. The first kappa shape index (κ1) is 10.4. The van der Waals surface area contributed by atoms with Gasteiger partial charge in [-0.2, -0.15) is 0 Å². The summed E-state index contributed by atoms with van der Waals surface area (Å²) in [4.78, 5) is 4.32. The fourth-order valence-corrected chi connectivity index (χ4v) is 1.90. The third-order valence-electron chi connectivity index (χ3n) is 3.06. The second-order valence-corrected chi connectivity index (χ2v) is 4.78. The molecule has 1 heterocycles. The highest BCUT2D eigenvalue weighted by atomic mass is 14.7. The lowest BCUT2D eigenvalue weighted by Gasteiger charge is -2.28. The Kier molecular flexibility index (Phi) is 2.61. The lowest BCUT2D eigenvalue weighted by atomic mass is 9.83. The van der Waals surface area contributed by atoms with Gasteiger partial charge < -0.3 is 5.73 Å². The van der Waals surface area contributed by atoms with Gasteiger partial charge in [-0.15, -0.1) is 0 Å². The molecule has 0 spiro atoms. The molecule has 0 saturated carbocycles. The molecular weight excluding hydrogens is 184 g/mol. The Labute approximate surface area is 91.2 Å². The van der Waals surface area contributed by atoms with Crippen LogP contribution in [0.4, 0.5) is 0 Å². The molecule has 1 unspecified atom stereocenters. The molecule has 0 saturated heterocycles. The average molecular weight is 202 g/mol. The number of hydrogen-bond donors (Lipinski definition) is 1. The van der Waals surface area contributed by atoms with Crippen LogP contribution in [0.25, 0.3) is 5.57 Å². The van der Waals surface area contributed by atoms with E-state index in [0.717, 1.165) is 25.0 Å². The van der Waals surface area contributed by atoms with Crippen LogP contribution >= 0.6 is 0 Å². The van der Waals surface area contributed by atoms with Gasteiger partial charge in [0.2, 0.25) is 0 Å². The van der Waals surface area contributed by atoms with Gasteiger partial charge in [0.15, 0.2) is 0 Å². The summed E-state index contributed by atoms with van der Waals surface area (Å²) in [5.74, 6) is 0. The monoisotopic (exact) mass is 202 g/mol. The number of nitrogens with two attached hydrogens (primary N) is 1. The van der Waals surface area contributed by atoms with Crippen LogP contribution in [0.15, 0.2) is 24.4 Å². The van der Waals surface area contributed by atoms with Crippen molar-refractivity contribution in [2.24, 2.45) is 5.73 Å². The van der Waals surface area contributed by atoms with Gasteiger partial charge >= 0.3 is 0 Å². The number of pyridine rings is 1. The number of aromatic nitrogens is 1. The van der Waals surface area contributed by atoms with Crippen molar-refractivity contribution in [2.45, 2.75) is 38.6 Å². The maximum atomic E-state index is 6.08. The maximum Gasteiger partial charge on any atom is 0.0373 e. The molecule has 2 nitrogen and oxygen atoms in total. The normalized spacial score (nSPS) is 26.2. The summed E-state index contributed by atoms with van der Waals surface area (Å²) in [7, 11) is 0. The first-order valence-electron chi connectivity index (χ1n) is 5.48. The fraction of sp³-hybridized carbons (Fsp3) is 0.462. The van der Waals surface area contributed by atoms with E-state index in [-0.39, 0.29) is 5.54 Å². The van der Waals surface area contributed by atoms with Gasteiger partial charge in [0.25, 0.3) is 0 Å². The van der Waals surface area contributed by atoms with E-state index < -0.39 is 0 Å². The van der Waals surface area contributed by atoms with Crippen molar-refractivity contribution >= 4 is 5.57 Å². The minimum absolute atomic E-state index is 0.0123. The molecular formula is C13H18N2. The predicted molar refractivity (Wildman–Crippen MR) is 63.4 cm³/mol. The molecule has 0 bridgehead atoms. The first-order chi connectivity index (χ1) is 7.07. The zero-order valence-corrected chi connectivity index (χ0v) is 9.46. The zero-order valence-electron chi connectivity index (χ0n) is 9.46. The number of nitrogens with zero attached hydrogens (tertiary/aromatic N) is 1. The summed E-state index contributed by atoms with van der Waals surface area (Å²) in [6.45, 7) is 4.13. The van der Waals surface area contributed by atoms with Crippen molar-refractivity contribution in [2.75, 3.05) is 0 Å². The SMILES string of the molecule is Cc1ccc(C2=CCC(C)(N)CC2)cn1. The van der Waals surface area contributed by atoms with Crippen LogP contribution in [0, 0.1) is 6.92 Å². The average Bonchev–Trinajstić information content (AvgIpc) is 2.20. The Balaban J connectivity index is 2.19. The minimum Gasteiger partial charge on any atom is -0.325 e. The molecule has 15 heavy (non-hydrogen) atoms. The van der Waals surface area contributed by atoms with Gasteiger partial charge in [-0.05, 0) is 50.3 Å². The van der Waals surface area contributed by atoms with Gasteiger partial charge in [-0.3, -0.25) is 4.98 Å². The van der Waals surface area contributed by atoms with E-state index in [4.69, 9.17) is 5.73 Å². The Bertz CT molecular complexity index is 374. The fourth-order valence-electron chi connectivity index (χ4n) is 1.90. The van der Waals surface area contributed by atoms with E-state index in [2.05, 4.69) is 30.1 Å². The van der Waals surface area contributed by atoms with E-state index in [9.17, 15) is 0 Å². The first-order valence-corrected chi connectivity index (χ1v) is 5.48. The number of rotatable bonds is 1. The van der Waals surface area contributed by atoms with Crippen molar-refractivity contribution in [3.05, 3.63) is 35.7 Å². The van der Waals surface area contributed by atoms with Crippen LogP contribution in [-0.2, 0) is 0 Å². The van der Waals surface area contributed by atoms with Gasteiger partial charge in [0, 0.05) is 17.4 Å². The second kappa shape index (κ2) is 3.78.